The molecule has 1 N–H and O–H groups in total. The lowest BCUT2D eigenvalue weighted by atomic mass is 10.3. The summed E-state index contributed by atoms with van der Waals surface area (Å²) in [7, 11) is 4.18. The van der Waals surface area contributed by atoms with Crippen LogP contribution in [0.3, 0.4) is 0 Å². The van der Waals surface area contributed by atoms with E-state index in [-0.39, 0.29) is 0 Å². The quantitative estimate of drug-likeness (QED) is 0.855. The molecule has 4 nitrogen and oxygen atoms in total. The van der Waals surface area contributed by atoms with E-state index < -0.39 is 0 Å². The molecule has 0 radical (unpaired) electrons. The predicted molar refractivity (Wildman–Crippen MR) is 67.9 cm³/mol. The molecule has 0 saturated heterocycles. The minimum atomic E-state index is 0.481. The number of rotatable bonds is 5. The van der Waals surface area contributed by atoms with Crippen molar-refractivity contribution >= 4 is 16.3 Å². The van der Waals surface area contributed by atoms with Gasteiger partial charge in [0.2, 0.25) is 0 Å². The second-order valence-corrected chi connectivity index (χ2v) is 5.24. The summed E-state index contributed by atoms with van der Waals surface area (Å²) in [6.45, 7) is 4.07. The lowest BCUT2D eigenvalue weighted by molar-refractivity contribution is 0.348. The molecule has 0 amide bonds. The van der Waals surface area contributed by atoms with Crippen LogP contribution in [0, 0.1) is 0 Å². The predicted octanol–water partition coefficient (Wildman–Crippen LogP) is 1.44. The summed E-state index contributed by atoms with van der Waals surface area (Å²) >= 11 is 1.67. The van der Waals surface area contributed by atoms with E-state index in [2.05, 4.69) is 46.8 Å². The number of hydrogen-bond donors (Lipinski definition) is 1. The molecule has 2 rings (SSSR count). The topological polar surface area (TPSA) is 32.6 Å². The number of imidazole rings is 1. The van der Waals surface area contributed by atoms with Crippen molar-refractivity contribution in [3.63, 3.8) is 0 Å². The van der Waals surface area contributed by atoms with Crippen LogP contribution >= 0.6 is 11.3 Å². The van der Waals surface area contributed by atoms with Gasteiger partial charge in [-0.1, -0.05) is 0 Å². The van der Waals surface area contributed by atoms with E-state index in [9.17, 15) is 0 Å². The zero-order chi connectivity index (χ0) is 11.5. The lowest BCUT2D eigenvalue weighted by Gasteiger charge is -2.17. The first kappa shape index (κ1) is 11.6. The van der Waals surface area contributed by atoms with Crippen LogP contribution in [0.5, 0.6) is 0 Å². The molecule has 0 aliphatic carbocycles. The fourth-order valence-corrected chi connectivity index (χ4v) is 2.47. The molecule has 2 aromatic rings. The van der Waals surface area contributed by atoms with E-state index in [1.54, 1.807) is 11.3 Å². The molecule has 0 aliphatic rings. The van der Waals surface area contributed by atoms with Crippen LogP contribution in [-0.4, -0.2) is 41.0 Å². The summed E-state index contributed by atoms with van der Waals surface area (Å²) in [5, 5.41) is 5.52. The highest BCUT2D eigenvalue weighted by molar-refractivity contribution is 7.15. The molecule has 0 spiro atoms. The van der Waals surface area contributed by atoms with Crippen LogP contribution in [-0.2, 0) is 6.54 Å². The van der Waals surface area contributed by atoms with E-state index in [4.69, 9.17) is 0 Å². The van der Waals surface area contributed by atoms with Gasteiger partial charge in [0.1, 0.15) is 0 Å². The Balaban J connectivity index is 1.88. The summed E-state index contributed by atoms with van der Waals surface area (Å²) in [5.74, 6) is 0. The molecular formula is C11H18N4S. The molecule has 1 atom stereocenters. The smallest absolute Gasteiger partial charge is 0.193 e. The van der Waals surface area contributed by atoms with Gasteiger partial charge in [-0.05, 0) is 21.0 Å². The summed E-state index contributed by atoms with van der Waals surface area (Å²) in [6, 6.07) is 0.481. The molecule has 88 valence electrons. The van der Waals surface area contributed by atoms with Gasteiger partial charge in [0.25, 0.3) is 0 Å². The Kier molecular flexibility index (Phi) is 3.58. The van der Waals surface area contributed by atoms with Gasteiger partial charge in [-0.3, -0.25) is 4.40 Å². The number of likely N-dealkylation sites (N-methyl/N-ethyl adjacent to an activating group) is 1. The van der Waals surface area contributed by atoms with Crippen molar-refractivity contribution in [2.75, 3.05) is 20.6 Å². The van der Waals surface area contributed by atoms with Crippen LogP contribution < -0.4 is 5.32 Å². The number of fused-ring (bicyclic) bond motifs is 1. The van der Waals surface area contributed by atoms with Crippen LogP contribution in [0.15, 0.2) is 17.8 Å². The van der Waals surface area contributed by atoms with Crippen molar-refractivity contribution < 1.29 is 0 Å². The number of thiazole rings is 1. The van der Waals surface area contributed by atoms with Gasteiger partial charge in [0.05, 0.1) is 5.69 Å². The van der Waals surface area contributed by atoms with Crippen LogP contribution in [0.4, 0.5) is 0 Å². The summed E-state index contributed by atoms with van der Waals surface area (Å²) in [6.07, 6.45) is 4.13. The summed E-state index contributed by atoms with van der Waals surface area (Å²) in [4.78, 5) is 7.78. The fourth-order valence-electron chi connectivity index (χ4n) is 1.75. The second-order valence-electron chi connectivity index (χ2n) is 4.37. The highest BCUT2D eigenvalue weighted by atomic mass is 32.1. The van der Waals surface area contributed by atoms with Crippen LogP contribution in [0.25, 0.3) is 4.96 Å². The molecule has 0 bridgehead atoms. The zero-order valence-corrected chi connectivity index (χ0v) is 10.8. The Hall–Kier alpha value is -0.910. The van der Waals surface area contributed by atoms with E-state index in [0.717, 1.165) is 23.7 Å². The lowest BCUT2D eigenvalue weighted by Crippen LogP contribution is -2.35. The molecular weight excluding hydrogens is 220 g/mol. The third-order valence-electron chi connectivity index (χ3n) is 2.41. The molecule has 0 aliphatic heterocycles. The third-order valence-corrected chi connectivity index (χ3v) is 3.18. The maximum Gasteiger partial charge on any atom is 0.193 e. The second kappa shape index (κ2) is 4.95. The highest BCUT2D eigenvalue weighted by Gasteiger charge is 2.05. The van der Waals surface area contributed by atoms with Crippen molar-refractivity contribution in [3.05, 3.63) is 23.5 Å². The maximum atomic E-state index is 4.53. The first-order valence-corrected chi connectivity index (χ1v) is 6.32. The van der Waals surface area contributed by atoms with Crippen molar-refractivity contribution in [1.29, 1.82) is 0 Å². The zero-order valence-electron chi connectivity index (χ0n) is 9.97. The monoisotopic (exact) mass is 238 g/mol. The first-order valence-electron chi connectivity index (χ1n) is 5.44. The van der Waals surface area contributed by atoms with Crippen molar-refractivity contribution in [3.8, 4) is 0 Å². The van der Waals surface area contributed by atoms with Gasteiger partial charge in [-0.15, -0.1) is 11.3 Å². The average Bonchev–Trinajstić information content (AvgIpc) is 2.72. The Morgan fingerprint density at radius 3 is 3.06 bits per heavy atom. The number of nitrogens with one attached hydrogen (secondary N) is 1. The largest absolute Gasteiger partial charge is 0.308 e. The first-order chi connectivity index (χ1) is 7.65. The van der Waals surface area contributed by atoms with E-state index in [1.165, 1.54) is 0 Å². The molecule has 2 aromatic heterocycles. The Morgan fingerprint density at radius 1 is 1.56 bits per heavy atom. The minimum absolute atomic E-state index is 0.481. The van der Waals surface area contributed by atoms with Crippen LogP contribution in [0.2, 0.25) is 0 Å². The molecule has 0 saturated carbocycles. The van der Waals surface area contributed by atoms with Gasteiger partial charge in [-0.2, -0.15) is 0 Å². The molecule has 1 unspecified atom stereocenters. The minimum Gasteiger partial charge on any atom is -0.308 e. The molecule has 16 heavy (non-hydrogen) atoms. The molecule has 0 aromatic carbocycles. The average molecular weight is 238 g/mol. The van der Waals surface area contributed by atoms with Gasteiger partial charge in [-0.25, -0.2) is 4.98 Å². The Bertz CT molecular complexity index is 417. The SMILES string of the molecule is CC(CN(C)C)NCc1cn2ccsc2n1. The van der Waals surface area contributed by atoms with Gasteiger partial charge < -0.3 is 10.2 Å². The van der Waals surface area contributed by atoms with E-state index >= 15 is 0 Å². The normalized spacial score (nSPS) is 13.8. The number of nitrogens with zero attached hydrogens (tertiary/aromatic N) is 3. The highest BCUT2D eigenvalue weighted by Crippen LogP contribution is 2.11. The summed E-state index contributed by atoms with van der Waals surface area (Å²) < 4.78 is 2.07. The van der Waals surface area contributed by atoms with Crippen molar-refractivity contribution in [1.82, 2.24) is 19.6 Å². The van der Waals surface area contributed by atoms with Gasteiger partial charge >= 0.3 is 0 Å². The Labute approximate surface area is 99.9 Å². The van der Waals surface area contributed by atoms with Crippen molar-refractivity contribution in [2.45, 2.75) is 19.5 Å². The fraction of sp³-hybridized carbons (Fsp3) is 0.545. The van der Waals surface area contributed by atoms with Gasteiger partial charge in [0, 0.05) is 36.9 Å². The van der Waals surface area contributed by atoms with E-state index in [1.807, 2.05) is 11.6 Å². The van der Waals surface area contributed by atoms with Crippen LogP contribution in [0.1, 0.15) is 12.6 Å². The standard InChI is InChI=1S/C11H18N4S/c1-9(7-14(2)3)12-6-10-8-15-4-5-16-11(15)13-10/h4-5,8-9,12H,6-7H2,1-3H3. The number of aromatic nitrogens is 2. The molecule has 5 heteroatoms. The van der Waals surface area contributed by atoms with Gasteiger partial charge in [0.15, 0.2) is 4.96 Å². The number of hydrogen-bond acceptors (Lipinski definition) is 4. The maximum absolute atomic E-state index is 4.53. The molecule has 2 heterocycles. The molecule has 0 fully saturated rings. The third kappa shape index (κ3) is 2.81. The summed E-state index contributed by atoms with van der Waals surface area (Å²) in [5.41, 5.74) is 1.11. The Morgan fingerprint density at radius 2 is 2.38 bits per heavy atom. The van der Waals surface area contributed by atoms with E-state index in [0.29, 0.717) is 6.04 Å². The van der Waals surface area contributed by atoms with Crippen molar-refractivity contribution in [2.24, 2.45) is 0 Å².